The van der Waals surface area contributed by atoms with Crippen molar-refractivity contribution >= 4 is 17.6 Å². The van der Waals surface area contributed by atoms with Crippen LogP contribution in [0.4, 0.5) is 5.82 Å². The van der Waals surface area contributed by atoms with Crippen molar-refractivity contribution < 1.29 is 14.3 Å². The molecule has 2 aromatic rings. The van der Waals surface area contributed by atoms with E-state index in [0.717, 1.165) is 25.1 Å². The third kappa shape index (κ3) is 4.86. The van der Waals surface area contributed by atoms with E-state index in [4.69, 9.17) is 4.74 Å². The Morgan fingerprint density at radius 1 is 1.27 bits per heavy atom. The fourth-order valence-electron chi connectivity index (χ4n) is 2.90. The monoisotopic (exact) mass is 354 g/mol. The van der Waals surface area contributed by atoms with Crippen molar-refractivity contribution in [3.8, 4) is 0 Å². The lowest BCUT2D eigenvalue weighted by molar-refractivity contribution is -0.114. The molecule has 1 atom stereocenters. The number of carbonyl (C=O) groups excluding carboxylic acids is 2. The topological polar surface area (TPSA) is 84.4 Å². The molecule has 0 aromatic carbocycles. The van der Waals surface area contributed by atoms with E-state index in [1.807, 2.05) is 18.2 Å². The van der Waals surface area contributed by atoms with Gasteiger partial charge in [-0.25, -0.2) is 4.98 Å². The van der Waals surface area contributed by atoms with Gasteiger partial charge < -0.3 is 15.0 Å². The van der Waals surface area contributed by atoms with Gasteiger partial charge in [0.15, 0.2) is 0 Å². The maximum atomic E-state index is 13.0. The summed E-state index contributed by atoms with van der Waals surface area (Å²) in [6, 6.07) is 8.94. The minimum atomic E-state index is -0.202. The van der Waals surface area contributed by atoms with E-state index < -0.39 is 0 Å². The Hall–Kier alpha value is -2.80. The lowest BCUT2D eigenvalue weighted by atomic mass is 10.2. The predicted molar refractivity (Wildman–Crippen MR) is 96.5 cm³/mol. The number of nitrogens with zero attached hydrogens (tertiary/aromatic N) is 3. The molecule has 1 unspecified atom stereocenters. The predicted octanol–water partition coefficient (Wildman–Crippen LogP) is 2.26. The highest BCUT2D eigenvalue weighted by Gasteiger charge is 2.24. The van der Waals surface area contributed by atoms with Gasteiger partial charge in [0.25, 0.3) is 5.91 Å². The van der Waals surface area contributed by atoms with Gasteiger partial charge in [0, 0.05) is 32.5 Å². The van der Waals surface area contributed by atoms with Crippen LogP contribution in [0.1, 0.15) is 35.8 Å². The van der Waals surface area contributed by atoms with Crippen LogP contribution < -0.4 is 5.32 Å². The number of hydrogen-bond donors (Lipinski definition) is 1. The van der Waals surface area contributed by atoms with Crippen molar-refractivity contribution in [2.45, 2.75) is 32.4 Å². The van der Waals surface area contributed by atoms with E-state index in [0.29, 0.717) is 24.5 Å². The number of hydrogen-bond acceptors (Lipinski definition) is 5. The molecule has 0 aliphatic carbocycles. The molecule has 0 radical (unpaired) electrons. The number of amides is 2. The van der Waals surface area contributed by atoms with E-state index in [9.17, 15) is 9.59 Å². The van der Waals surface area contributed by atoms with E-state index >= 15 is 0 Å². The Morgan fingerprint density at radius 2 is 2.15 bits per heavy atom. The zero-order valence-electron chi connectivity index (χ0n) is 14.7. The number of ether oxygens (including phenoxy) is 1. The average molecular weight is 354 g/mol. The maximum Gasteiger partial charge on any atom is 0.255 e. The van der Waals surface area contributed by atoms with Crippen LogP contribution in [0.25, 0.3) is 0 Å². The van der Waals surface area contributed by atoms with Crippen LogP contribution in [-0.4, -0.2) is 45.9 Å². The summed E-state index contributed by atoms with van der Waals surface area (Å²) in [5.41, 5.74) is 1.29. The molecule has 1 fully saturated rings. The minimum absolute atomic E-state index is 0.0503. The molecule has 3 rings (SSSR count). The molecule has 7 heteroatoms. The van der Waals surface area contributed by atoms with Crippen molar-refractivity contribution in [3.05, 3.63) is 54.0 Å². The molecule has 0 bridgehead atoms. The van der Waals surface area contributed by atoms with Crippen LogP contribution >= 0.6 is 0 Å². The fraction of sp³-hybridized carbons (Fsp3) is 0.368. The second-order valence-corrected chi connectivity index (χ2v) is 6.26. The first kappa shape index (κ1) is 18.0. The van der Waals surface area contributed by atoms with Crippen molar-refractivity contribution in [1.29, 1.82) is 0 Å². The van der Waals surface area contributed by atoms with E-state index in [1.165, 1.54) is 13.1 Å². The van der Waals surface area contributed by atoms with Gasteiger partial charge in [-0.15, -0.1) is 0 Å². The van der Waals surface area contributed by atoms with Crippen LogP contribution in [0.5, 0.6) is 0 Å². The van der Waals surface area contributed by atoms with Gasteiger partial charge in [0.05, 0.1) is 23.9 Å². The van der Waals surface area contributed by atoms with Crippen molar-refractivity contribution in [2.75, 3.05) is 18.5 Å². The second-order valence-electron chi connectivity index (χ2n) is 6.26. The molecule has 2 aromatic heterocycles. The summed E-state index contributed by atoms with van der Waals surface area (Å²) in [5, 5.41) is 2.59. The molecular weight excluding hydrogens is 332 g/mol. The highest BCUT2D eigenvalue weighted by Crippen LogP contribution is 2.17. The molecule has 3 heterocycles. The molecule has 0 spiro atoms. The number of nitrogens with one attached hydrogen (secondary N) is 1. The number of aromatic nitrogens is 2. The van der Waals surface area contributed by atoms with Gasteiger partial charge in [-0.3, -0.25) is 14.6 Å². The van der Waals surface area contributed by atoms with Crippen molar-refractivity contribution in [2.24, 2.45) is 0 Å². The highest BCUT2D eigenvalue weighted by atomic mass is 16.5. The Labute approximate surface area is 152 Å². The summed E-state index contributed by atoms with van der Waals surface area (Å²) >= 11 is 0. The third-order valence-corrected chi connectivity index (χ3v) is 4.13. The summed E-state index contributed by atoms with van der Waals surface area (Å²) in [4.78, 5) is 34.3. The largest absolute Gasteiger partial charge is 0.376 e. The first-order valence-corrected chi connectivity index (χ1v) is 8.66. The standard InChI is InChI=1S/C19H22N4O3/c1-14(24)22-18-8-7-15(11-21-18)19(25)23(13-17-6-4-10-26-17)12-16-5-2-3-9-20-16/h2-3,5,7-9,11,17H,4,6,10,12-13H2,1H3,(H,21,22,24). The molecule has 1 saturated heterocycles. The van der Waals surface area contributed by atoms with Crippen molar-refractivity contribution in [1.82, 2.24) is 14.9 Å². The van der Waals surface area contributed by atoms with Crippen LogP contribution in [0.3, 0.4) is 0 Å². The smallest absolute Gasteiger partial charge is 0.255 e. The Balaban J connectivity index is 1.75. The molecular formula is C19H22N4O3. The molecule has 7 nitrogen and oxygen atoms in total. The van der Waals surface area contributed by atoms with E-state index in [1.54, 1.807) is 23.2 Å². The Bertz CT molecular complexity index is 743. The van der Waals surface area contributed by atoms with Crippen LogP contribution in [0.15, 0.2) is 42.7 Å². The first-order valence-electron chi connectivity index (χ1n) is 8.66. The van der Waals surface area contributed by atoms with Gasteiger partial charge in [0.1, 0.15) is 5.82 Å². The van der Waals surface area contributed by atoms with E-state index in [-0.39, 0.29) is 17.9 Å². The molecule has 26 heavy (non-hydrogen) atoms. The minimum Gasteiger partial charge on any atom is -0.376 e. The summed E-state index contributed by atoms with van der Waals surface area (Å²) in [5.74, 6) is 0.0872. The molecule has 2 amide bonds. The summed E-state index contributed by atoms with van der Waals surface area (Å²) in [7, 11) is 0. The molecule has 1 aliphatic rings. The average Bonchev–Trinajstić information content (AvgIpc) is 3.15. The van der Waals surface area contributed by atoms with Gasteiger partial charge in [-0.05, 0) is 37.1 Å². The lowest BCUT2D eigenvalue weighted by Gasteiger charge is -2.25. The Morgan fingerprint density at radius 3 is 2.77 bits per heavy atom. The van der Waals surface area contributed by atoms with Gasteiger partial charge >= 0.3 is 0 Å². The molecule has 1 aliphatic heterocycles. The summed E-state index contributed by atoms with van der Waals surface area (Å²) in [6.45, 7) is 3.08. The van der Waals surface area contributed by atoms with Gasteiger partial charge in [0.2, 0.25) is 5.91 Å². The zero-order valence-corrected chi connectivity index (χ0v) is 14.7. The quantitative estimate of drug-likeness (QED) is 0.860. The lowest BCUT2D eigenvalue weighted by Crippen LogP contribution is -2.37. The second kappa shape index (κ2) is 8.53. The highest BCUT2D eigenvalue weighted by molar-refractivity contribution is 5.94. The van der Waals surface area contributed by atoms with Crippen molar-refractivity contribution in [3.63, 3.8) is 0 Å². The van der Waals surface area contributed by atoms with Gasteiger partial charge in [-0.1, -0.05) is 6.07 Å². The Kier molecular flexibility index (Phi) is 5.91. The SMILES string of the molecule is CC(=O)Nc1ccc(C(=O)N(Cc2ccccn2)CC2CCCO2)cn1. The number of carbonyl (C=O) groups is 2. The number of rotatable bonds is 6. The third-order valence-electron chi connectivity index (χ3n) is 4.13. The zero-order chi connectivity index (χ0) is 18.4. The first-order chi connectivity index (χ1) is 12.6. The van der Waals surface area contributed by atoms with E-state index in [2.05, 4.69) is 15.3 Å². The van der Waals surface area contributed by atoms with Crippen LogP contribution in [0, 0.1) is 0 Å². The van der Waals surface area contributed by atoms with Gasteiger partial charge in [-0.2, -0.15) is 0 Å². The summed E-state index contributed by atoms with van der Waals surface area (Å²) in [6.07, 6.45) is 5.21. The molecule has 136 valence electrons. The van der Waals surface area contributed by atoms with Crippen LogP contribution in [-0.2, 0) is 16.1 Å². The number of anilines is 1. The fourth-order valence-corrected chi connectivity index (χ4v) is 2.90. The normalized spacial score (nSPS) is 16.3. The summed E-state index contributed by atoms with van der Waals surface area (Å²) < 4.78 is 5.69. The molecule has 0 saturated carbocycles. The maximum absolute atomic E-state index is 13.0. The molecule has 1 N–H and O–H groups in total. The number of pyridine rings is 2. The van der Waals surface area contributed by atoms with Crippen LogP contribution in [0.2, 0.25) is 0 Å².